The van der Waals surface area contributed by atoms with E-state index in [2.05, 4.69) is 30.1 Å². The number of rotatable bonds is 10. The Labute approximate surface area is 234 Å². The molecule has 222 valence electrons. The summed E-state index contributed by atoms with van der Waals surface area (Å²) in [5, 5.41) is 5.60. The minimum atomic E-state index is -5.41. The molecular weight excluding hydrogens is 566 g/mol. The third-order valence-corrected chi connectivity index (χ3v) is 5.91. The number of hydrogen-bond acceptors (Lipinski definition) is 14. The average Bonchev–Trinajstić information content (AvgIpc) is 2.89. The monoisotopic (exact) mass is 594 g/mol. The lowest BCUT2D eigenvalue weighted by molar-refractivity contribution is -0.341. The van der Waals surface area contributed by atoms with Crippen LogP contribution < -0.4 is 44.3 Å². The number of benzene rings is 1. The predicted octanol–water partition coefficient (Wildman–Crippen LogP) is 2.47. The highest BCUT2D eigenvalue weighted by atomic mass is 31.2. The van der Waals surface area contributed by atoms with Crippen LogP contribution in [-0.4, -0.2) is 54.5 Å². The van der Waals surface area contributed by atoms with E-state index in [0.29, 0.717) is 22.9 Å². The largest absolute Gasteiger partial charge is 0.790 e. The van der Waals surface area contributed by atoms with E-state index in [9.17, 15) is 23.5 Å². The molecule has 4 rings (SSSR count). The SMILES string of the molecule is C.COc1cc(Nc2ncc(F)c(Nc3ccc4c(n3)N(COP(=O)([O-])[O-])C(=O)C(C)(C)O4)n2)cc(OC)c1OC. The normalized spacial score (nSPS) is 13.9. The van der Waals surface area contributed by atoms with Crippen molar-refractivity contribution < 1.29 is 47.0 Å². The van der Waals surface area contributed by atoms with Gasteiger partial charge in [-0.15, -0.1) is 0 Å². The molecule has 0 atom stereocenters. The number of anilines is 5. The van der Waals surface area contributed by atoms with Gasteiger partial charge in [0, 0.05) is 17.8 Å². The third-order valence-electron chi connectivity index (χ3n) is 5.48. The first-order valence-electron chi connectivity index (χ1n) is 11.4. The highest BCUT2D eigenvalue weighted by Gasteiger charge is 2.42. The summed E-state index contributed by atoms with van der Waals surface area (Å²) < 4.78 is 51.6. The van der Waals surface area contributed by atoms with Crippen LogP contribution in [0.15, 0.2) is 30.5 Å². The van der Waals surface area contributed by atoms with Gasteiger partial charge in [-0.1, -0.05) is 7.43 Å². The molecule has 0 saturated carbocycles. The maximum Gasteiger partial charge on any atom is 0.273 e. The van der Waals surface area contributed by atoms with Gasteiger partial charge in [-0.3, -0.25) is 9.69 Å². The maximum absolute atomic E-state index is 14.7. The number of phosphoric acid groups is 1. The van der Waals surface area contributed by atoms with E-state index in [1.807, 2.05) is 0 Å². The number of phosphoric ester groups is 1. The quantitative estimate of drug-likeness (QED) is 0.325. The van der Waals surface area contributed by atoms with Gasteiger partial charge in [-0.2, -0.15) is 4.98 Å². The summed E-state index contributed by atoms with van der Waals surface area (Å²) in [5.41, 5.74) is -0.962. The van der Waals surface area contributed by atoms with Crippen LogP contribution in [0.3, 0.4) is 0 Å². The van der Waals surface area contributed by atoms with Crippen LogP contribution in [0.25, 0.3) is 0 Å². The van der Waals surface area contributed by atoms with E-state index < -0.39 is 31.9 Å². The molecule has 1 aliphatic rings. The summed E-state index contributed by atoms with van der Waals surface area (Å²) in [6, 6.07) is 6.05. The maximum atomic E-state index is 14.7. The fraction of sp³-hybridized carbons (Fsp3) is 0.333. The van der Waals surface area contributed by atoms with E-state index in [4.69, 9.17) is 18.9 Å². The van der Waals surface area contributed by atoms with Crippen molar-refractivity contribution in [2.75, 3.05) is 43.6 Å². The van der Waals surface area contributed by atoms with Gasteiger partial charge in [0.1, 0.15) is 12.5 Å². The van der Waals surface area contributed by atoms with E-state index in [0.717, 1.165) is 11.1 Å². The van der Waals surface area contributed by atoms with Crippen LogP contribution in [0.1, 0.15) is 21.3 Å². The second-order valence-electron chi connectivity index (χ2n) is 8.62. The van der Waals surface area contributed by atoms with Crippen LogP contribution >= 0.6 is 7.82 Å². The molecule has 41 heavy (non-hydrogen) atoms. The summed E-state index contributed by atoms with van der Waals surface area (Å²) in [6.07, 6.45) is 0.920. The minimum absolute atomic E-state index is 0. The Hall–Kier alpha value is -4.24. The topological polar surface area (TPSA) is 192 Å². The Morgan fingerprint density at radius 1 is 1.07 bits per heavy atom. The van der Waals surface area contributed by atoms with Gasteiger partial charge in [-0.25, -0.2) is 14.4 Å². The van der Waals surface area contributed by atoms with Gasteiger partial charge in [-0.05, 0) is 26.0 Å². The molecule has 0 unspecified atom stereocenters. The lowest BCUT2D eigenvalue weighted by Gasteiger charge is -2.39. The van der Waals surface area contributed by atoms with Gasteiger partial charge in [0.05, 0.1) is 35.3 Å². The molecule has 2 aromatic heterocycles. The third kappa shape index (κ3) is 6.92. The zero-order chi connectivity index (χ0) is 29.2. The van der Waals surface area contributed by atoms with Crippen molar-refractivity contribution in [3.05, 3.63) is 36.3 Å². The minimum Gasteiger partial charge on any atom is -0.790 e. The summed E-state index contributed by atoms with van der Waals surface area (Å²) in [5.74, 6) is -0.806. The lowest BCUT2D eigenvalue weighted by atomic mass is 10.1. The molecular formula is C24H28FN6O9P-2. The van der Waals surface area contributed by atoms with Crippen molar-refractivity contribution in [1.29, 1.82) is 0 Å². The van der Waals surface area contributed by atoms with Crippen LogP contribution in [-0.2, 0) is 13.9 Å². The number of ether oxygens (including phenoxy) is 4. The Morgan fingerprint density at radius 3 is 2.32 bits per heavy atom. The van der Waals surface area contributed by atoms with E-state index in [1.165, 1.54) is 47.3 Å². The fourth-order valence-electron chi connectivity index (χ4n) is 3.68. The summed E-state index contributed by atoms with van der Waals surface area (Å²) in [7, 11) is -1.04. The Morgan fingerprint density at radius 2 is 1.73 bits per heavy atom. The molecule has 1 aliphatic heterocycles. The van der Waals surface area contributed by atoms with Crippen molar-refractivity contribution >= 4 is 42.8 Å². The van der Waals surface area contributed by atoms with E-state index in [1.54, 1.807) is 12.1 Å². The van der Waals surface area contributed by atoms with Crippen LogP contribution in [0, 0.1) is 5.82 Å². The van der Waals surface area contributed by atoms with Gasteiger partial charge >= 0.3 is 0 Å². The van der Waals surface area contributed by atoms with Crippen molar-refractivity contribution in [3.8, 4) is 23.0 Å². The molecule has 17 heteroatoms. The molecule has 0 aliphatic carbocycles. The number of halogens is 1. The number of aromatic nitrogens is 3. The molecule has 3 heterocycles. The first-order chi connectivity index (χ1) is 18.8. The van der Waals surface area contributed by atoms with Crippen molar-refractivity contribution in [1.82, 2.24) is 15.0 Å². The predicted molar refractivity (Wildman–Crippen MR) is 141 cm³/mol. The molecule has 0 radical (unpaired) electrons. The molecule has 1 amide bonds. The second-order valence-corrected chi connectivity index (χ2v) is 9.78. The van der Waals surface area contributed by atoms with Gasteiger partial charge < -0.3 is 48.5 Å². The Balaban J connectivity index is 0.00000462. The second kappa shape index (κ2) is 12.1. The number of amides is 1. The van der Waals surface area contributed by atoms with E-state index >= 15 is 0 Å². The molecule has 0 spiro atoms. The molecule has 1 aromatic carbocycles. The number of fused-ring (bicyclic) bond motifs is 1. The first-order valence-corrected chi connectivity index (χ1v) is 12.9. The zero-order valence-electron chi connectivity index (χ0n) is 21.9. The van der Waals surface area contributed by atoms with Crippen LogP contribution in [0.2, 0.25) is 0 Å². The summed E-state index contributed by atoms with van der Waals surface area (Å²) >= 11 is 0. The Bertz CT molecular complexity index is 1460. The number of pyridine rings is 1. The molecule has 0 saturated heterocycles. The summed E-state index contributed by atoms with van der Waals surface area (Å²) in [4.78, 5) is 48.1. The van der Waals surface area contributed by atoms with Crippen LogP contribution in [0.5, 0.6) is 23.0 Å². The molecule has 0 fully saturated rings. The number of nitrogens with zero attached hydrogens (tertiary/aromatic N) is 4. The smallest absolute Gasteiger partial charge is 0.273 e. The highest BCUT2D eigenvalue weighted by Crippen LogP contribution is 2.41. The van der Waals surface area contributed by atoms with E-state index in [-0.39, 0.29) is 36.6 Å². The van der Waals surface area contributed by atoms with Crippen molar-refractivity contribution in [2.45, 2.75) is 26.9 Å². The highest BCUT2D eigenvalue weighted by molar-refractivity contribution is 7.43. The van der Waals surface area contributed by atoms with Gasteiger partial charge in [0.15, 0.2) is 40.3 Å². The Kier molecular flexibility index (Phi) is 9.23. The number of carbonyl (C=O) groups is 1. The number of nitrogens with one attached hydrogen (secondary N) is 2. The fourth-order valence-corrected chi connectivity index (χ4v) is 3.94. The number of methoxy groups -OCH3 is 3. The van der Waals surface area contributed by atoms with Crippen molar-refractivity contribution in [3.63, 3.8) is 0 Å². The van der Waals surface area contributed by atoms with Gasteiger partial charge in [0.2, 0.25) is 11.7 Å². The molecule has 15 nitrogen and oxygen atoms in total. The number of carbonyl (C=O) groups excluding carboxylic acids is 1. The average molecular weight is 594 g/mol. The zero-order valence-corrected chi connectivity index (χ0v) is 22.8. The lowest BCUT2D eigenvalue weighted by Crippen LogP contribution is -2.53. The standard InChI is InChI=1S/C23H26FN6O9P.CH4/c1-23(2)21(31)30(11-38-40(32,33)34)20-14(39-23)6-7-17(28-20)27-19-13(24)10-25-22(29-19)26-12-8-15(35-3)18(37-5)16(9-12)36-4;/h6-10H,11H2,1-5H3,(H2,32,33,34)(H2,25,26,27,28,29);1H4/p-2. The molecule has 3 aromatic rings. The summed E-state index contributed by atoms with van der Waals surface area (Å²) in [6.45, 7) is 1.97. The van der Waals surface area contributed by atoms with Gasteiger partial charge in [0.25, 0.3) is 5.91 Å². The first kappa shape index (κ1) is 31.3. The number of hydrogen-bond donors (Lipinski definition) is 2. The van der Waals surface area contributed by atoms with Crippen molar-refractivity contribution in [2.24, 2.45) is 0 Å². The molecule has 0 bridgehead atoms. The van der Waals surface area contributed by atoms with Crippen LogP contribution in [0.4, 0.5) is 33.5 Å². The molecule has 2 N–H and O–H groups in total.